The molecule has 0 saturated carbocycles. The maximum absolute atomic E-state index is 13.2. The van der Waals surface area contributed by atoms with Crippen molar-refractivity contribution < 1.29 is 37.1 Å². The fraction of sp³-hybridized carbons (Fsp3) is 0.789. The Labute approximate surface area is 169 Å². The van der Waals surface area contributed by atoms with Crippen LogP contribution in [0.1, 0.15) is 47.5 Å². The van der Waals surface area contributed by atoms with Crippen LogP contribution < -0.4 is 0 Å². The summed E-state index contributed by atoms with van der Waals surface area (Å²) in [7, 11) is 2.69. The molecular formula is C19H31F3N2O5. The Morgan fingerprint density at radius 2 is 1.90 bits per heavy atom. The molecule has 1 rings (SSSR count). The highest BCUT2D eigenvalue weighted by Gasteiger charge is 2.50. The molecule has 29 heavy (non-hydrogen) atoms. The molecule has 2 amide bonds. The topological polar surface area (TPSA) is 68.3 Å². The van der Waals surface area contributed by atoms with Crippen molar-refractivity contribution in [2.24, 2.45) is 5.92 Å². The number of ether oxygens (including phenoxy) is 2. The van der Waals surface area contributed by atoms with Crippen LogP contribution >= 0.6 is 0 Å². The maximum atomic E-state index is 13.2. The van der Waals surface area contributed by atoms with Gasteiger partial charge in [-0.15, -0.1) is 0 Å². The fourth-order valence-corrected chi connectivity index (χ4v) is 3.06. The van der Waals surface area contributed by atoms with Gasteiger partial charge in [-0.3, -0.25) is 14.5 Å². The Balaban J connectivity index is 3.10. The van der Waals surface area contributed by atoms with E-state index in [1.54, 1.807) is 34.6 Å². The SMILES string of the molecule is CON(C)C(=O)/C=C/C[C@@H](CC(F)(F)F)[C@@H]1COC(C)(C)N1C(=O)OC(C)(C)C. The summed E-state index contributed by atoms with van der Waals surface area (Å²) in [6.07, 6.45) is -3.89. The molecule has 0 spiro atoms. The van der Waals surface area contributed by atoms with Crippen LogP contribution in [0.2, 0.25) is 0 Å². The molecule has 1 aliphatic rings. The van der Waals surface area contributed by atoms with Crippen molar-refractivity contribution in [3.05, 3.63) is 12.2 Å². The first-order chi connectivity index (χ1) is 13.1. The van der Waals surface area contributed by atoms with Crippen molar-refractivity contribution in [3.8, 4) is 0 Å². The minimum Gasteiger partial charge on any atom is -0.444 e. The quantitative estimate of drug-likeness (QED) is 0.478. The lowest BCUT2D eigenvalue weighted by Gasteiger charge is -2.37. The number of allylic oxidation sites excluding steroid dienone is 1. The van der Waals surface area contributed by atoms with Gasteiger partial charge in [-0.2, -0.15) is 13.2 Å². The molecule has 1 saturated heterocycles. The monoisotopic (exact) mass is 424 g/mol. The molecule has 7 nitrogen and oxygen atoms in total. The van der Waals surface area contributed by atoms with E-state index in [0.717, 1.165) is 11.1 Å². The van der Waals surface area contributed by atoms with Gasteiger partial charge in [0.2, 0.25) is 0 Å². The zero-order chi connectivity index (χ0) is 22.6. The Hall–Kier alpha value is -1.81. The summed E-state index contributed by atoms with van der Waals surface area (Å²) in [6.45, 7) is 8.18. The van der Waals surface area contributed by atoms with Crippen LogP contribution in [0.15, 0.2) is 12.2 Å². The van der Waals surface area contributed by atoms with Crippen LogP contribution in [-0.4, -0.2) is 66.3 Å². The normalized spacial score (nSPS) is 20.8. The minimum absolute atomic E-state index is 0.0627. The molecule has 0 radical (unpaired) electrons. The molecule has 0 aliphatic carbocycles. The largest absolute Gasteiger partial charge is 0.444 e. The zero-order valence-corrected chi connectivity index (χ0v) is 18.0. The van der Waals surface area contributed by atoms with Gasteiger partial charge in [0, 0.05) is 19.5 Å². The summed E-state index contributed by atoms with van der Waals surface area (Å²) < 4.78 is 50.7. The van der Waals surface area contributed by atoms with Gasteiger partial charge in [0.15, 0.2) is 0 Å². The van der Waals surface area contributed by atoms with E-state index in [9.17, 15) is 22.8 Å². The Bertz CT molecular complexity index is 614. The second-order valence-corrected chi connectivity index (χ2v) is 8.41. The summed E-state index contributed by atoms with van der Waals surface area (Å²) in [5.41, 5.74) is -1.93. The summed E-state index contributed by atoms with van der Waals surface area (Å²) in [6, 6.07) is -0.860. The zero-order valence-electron chi connectivity index (χ0n) is 18.0. The molecule has 168 valence electrons. The van der Waals surface area contributed by atoms with Gasteiger partial charge >= 0.3 is 12.3 Å². The Morgan fingerprint density at radius 3 is 2.38 bits per heavy atom. The van der Waals surface area contributed by atoms with E-state index in [0.29, 0.717) is 0 Å². The smallest absolute Gasteiger partial charge is 0.412 e. The number of carbonyl (C=O) groups excluding carboxylic acids is 2. The number of alkyl halides is 3. The Kier molecular flexibility index (Phi) is 8.12. The lowest BCUT2D eigenvalue weighted by molar-refractivity contribution is -0.162. The number of halogens is 3. The molecule has 0 N–H and O–H groups in total. The van der Waals surface area contributed by atoms with Gasteiger partial charge in [0.05, 0.1) is 19.8 Å². The van der Waals surface area contributed by atoms with Crippen LogP contribution in [0.4, 0.5) is 18.0 Å². The van der Waals surface area contributed by atoms with Crippen molar-refractivity contribution in [1.82, 2.24) is 9.96 Å². The van der Waals surface area contributed by atoms with E-state index in [-0.39, 0.29) is 13.0 Å². The van der Waals surface area contributed by atoms with E-state index in [1.165, 1.54) is 25.1 Å². The third-order valence-corrected chi connectivity index (χ3v) is 4.43. The first-order valence-electron chi connectivity index (χ1n) is 9.29. The van der Waals surface area contributed by atoms with Gasteiger partial charge in [0.25, 0.3) is 5.91 Å². The molecule has 10 heteroatoms. The van der Waals surface area contributed by atoms with Gasteiger partial charge in [-0.25, -0.2) is 9.86 Å². The van der Waals surface area contributed by atoms with Gasteiger partial charge in [-0.05, 0) is 47.0 Å². The van der Waals surface area contributed by atoms with E-state index in [4.69, 9.17) is 14.3 Å². The Morgan fingerprint density at radius 1 is 1.31 bits per heavy atom. The van der Waals surface area contributed by atoms with Crippen LogP contribution in [-0.2, 0) is 19.1 Å². The van der Waals surface area contributed by atoms with Gasteiger partial charge in [0.1, 0.15) is 11.3 Å². The minimum atomic E-state index is -4.45. The van der Waals surface area contributed by atoms with Crippen molar-refractivity contribution >= 4 is 12.0 Å². The summed E-state index contributed by atoms with van der Waals surface area (Å²) in [5.74, 6) is -1.52. The molecule has 0 aromatic heterocycles. The standard InChI is InChI=1S/C19H31F3N2O5/c1-17(2,3)29-16(26)24-14(12-28-18(24,4)5)13(11-19(20,21)22)9-8-10-15(25)23(6)27-7/h8,10,13-14H,9,11-12H2,1-7H3/b10-8+/t13-,14-/m0/s1. The summed E-state index contributed by atoms with van der Waals surface area (Å²) in [5, 5.41) is 0.948. The highest BCUT2D eigenvalue weighted by molar-refractivity contribution is 5.86. The number of carbonyl (C=O) groups is 2. The predicted molar refractivity (Wildman–Crippen MR) is 99.6 cm³/mol. The third-order valence-electron chi connectivity index (χ3n) is 4.43. The van der Waals surface area contributed by atoms with E-state index >= 15 is 0 Å². The first kappa shape index (κ1) is 25.2. The van der Waals surface area contributed by atoms with Crippen LogP contribution in [0.3, 0.4) is 0 Å². The molecule has 2 atom stereocenters. The lowest BCUT2D eigenvalue weighted by atomic mass is 9.91. The van der Waals surface area contributed by atoms with E-state index in [1.807, 2.05) is 0 Å². The van der Waals surface area contributed by atoms with Gasteiger partial charge in [-0.1, -0.05) is 6.08 Å². The van der Waals surface area contributed by atoms with Crippen LogP contribution in [0.25, 0.3) is 0 Å². The average molecular weight is 424 g/mol. The van der Waals surface area contributed by atoms with Crippen LogP contribution in [0.5, 0.6) is 0 Å². The van der Waals surface area contributed by atoms with Crippen molar-refractivity contribution in [2.75, 3.05) is 20.8 Å². The number of nitrogens with zero attached hydrogens (tertiary/aromatic N) is 2. The van der Waals surface area contributed by atoms with Crippen molar-refractivity contribution in [2.45, 2.75) is 71.0 Å². The molecule has 1 aliphatic heterocycles. The molecular weight excluding hydrogens is 393 g/mol. The van der Waals surface area contributed by atoms with Crippen molar-refractivity contribution in [3.63, 3.8) is 0 Å². The highest BCUT2D eigenvalue weighted by Crippen LogP contribution is 2.38. The first-order valence-corrected chi connectivity index (χ1v) is 9.29. The second kappa shape index (κ2) is 9.34. The molecule has 1 heterocycles. The maximum Gasteiger partial charge on any atom is 0.412 e. The van der Waals surface area contributed by atoms with Crippen LogP contribution in [0, 0.1) is 5.92 Å². The summed E-state index contributed by atoms with van der Waals surface area (Å²) in [4.78, 5) is 30.5. The third kappa shape index (κ3) is 7.85. The fourth-order valence-electron chi connectivity index (χ4n) is 3.06. The molecule has 0 aromatic carbocycles. The number of likely N-dealkylation sites (N-methyl/N-ethyl adjacent to an activating group) is 1. The lowest BCUT2D eigenvalue weighted by Crippen LogP contribution is -2.52. The van der Waals surface area contributed by atoms with Gasteiger partial charge < -0.3 is 9.47 Å². The molecule has 0 bridgehead atoms. The molecule has 0 aromatic rings. The number of hydrogen-bond donors (Lipinski definition) is 0. The number of rotatable bonds is 6. The van der Waals surface area contributed by atoms with E-state index in [2.05, 4.69) is 0 Å². The number of amides is 2. The molecule has 0 unspecified atom stereocenters. The molecule has 1 fully saturated rings. The second-order valence-electron chi connectivity index (χ2n) is 8.41. The highest BCUT2D eigenvalue weighted by atomic mass is 19.4. The summed E-state index contributed by atoms with van der Waals surface area (Å²) >= 11 is 0. The van der Waals surface area contributed by atoms with Crippen molar-refractivity contribution in [1.29, 1.82) is 0 Å². The number of hydrogen-bond acceptors (Lipinski definition) is 5. The number of hydroxylamine groups is 2. The van der Waals surface area contributed by atoms with E-state index < -0.39 is 47.9 Å². The average Bonchev–Trinajstić information content (AvgIpc) is 2.85. The predicted octanol–water partition coefficient (Wildman–Crippen LogP) is 3.89.